The van der Waals surface area contributed by atoms with Crippen LogP contribution in [0.4, 0.5) is 5.69 Å². The molecule has 0 spiro atoms. The Morgan fingerprint density at radius 3 is 2.50 bits per heavy atom. The van der Waals surface area contributed by atoms with Crippen LogP contribution in [0.15, 0.2) is 77.9 Å². The van der Waals surface area contributed by atoms with Gasteiger partial charge < -0.3 is 14.8 Å². The van der Waals surface area contributed by atoms with Crippen molar-refractivity contribution in [3.05, 3.63) is 88.9 Å². The molecule has 0 aliphatic rings. The molecule has 0 saturated carbocycles. The molecular formula is C23H22ClN3O2S. The lowest BCUT2D eigenvalue weighted by atomic mass is 10.2. The van der Waals surface area contributed by atoms with E-state index in [1.807, 2.05) is 79.7 Å². The van der Waals surface area contributed by atoms with Crippen molar-refractivity contribution < 1.29 is 9.47 Å². The van der Waals surface area contributed by atoms with E-state index >= 15 is 0 Å². The highest BCUT2D eigenvalue weighted by Crippen LogP contribution is 2.29. The zero-order valence-electron chi connectivity index (χ0n) is 16.5. The van der Waals surface area contributed by atoms with E-state index < -0.39 is 0 Å². The molecular weight excluding hydrogens is 418 g/mol. The molecule has 5 nitrogen and oxygen atoms in total. The lowest BCUT2D eigenvalue weighted by molar-refractivity contribution is 0.269. The number of hydrazone groups is 1. The Morgan fingerprint density at radius 1 is 1.00 bits per heavy atom. The van der Waals surface area contributed by atoms with E-state index in [2.05, 4.69) is 15.8 Å². The van der Waals surface area contributed by atoms with Gasteiger partial charge in [-0.25, -0.2) is 0 Å². The quantitative estimate of drug-likeness (QED) is 0.270. The summed E-state index contributed by atoms with van der Waals surface area (Å²) in [6, 6.07) is 22.8. The Morgan fingerprint density at radius 2 is 1.77 bits per heavy atom. The summed E-state index contributed by atoms with van der Waals surface area (Å²) in [4.78, 5) is 0. The minimum atomic E-state index is 0.408. The van der Waals surface area contributed by atoms with Crippen molar-refractivity contribution in [2.24, 2.45) is 5.10 Å². The van der Waals surface area contributed by atoms with Gasteiger partial charge in [0.25, 0.3) is 0 Å². The Hall–Kier alpha value is -3.09. The molecule has 0 amide bonds. The minimum Gasteiger partial charge on any atom is -0.490 e. The normalized spacial score (nSPS) is 10.6. The Bertz CT molecular complexity index is 995. The average molecular weight is 440 g/mol. The maximum atomic E-state index is 5.92. The van der Waals surface area contributed by atoms with E-state index in [1.165, 1.54) is 0 Å². The third-order valence-corrected chi connectivity index (χ3v) is 4.43. The van der Waals surface area contributed by atoms with Crippen molar-refractivity contribution in [1.82, 2.24) is 5.43 Å². The van der Waals surface area contributed by atoms with Crippen molar-refractivity contribution in [3.8, 4) is 11.5 Å². The summed E-state index contributed by atoms with van der Waals surface area (Å²) in [7, 11) is 0. The van der Waals surface area contributed by atoms with Crippen LogP contribution < -0.4 is 20.2 Å². The highest BCUT2D eigenvalue weighted by molar-refractivity contribution is 7.80. The summed E-state index contributed by atoms with van der Waals surface area (Å²) in [6.07, 6.45) is 1.67. The second-order valence-corrected chi connectivity index (χ2v) is 7.09. The van der Waals surface area contributed by atoms with E-state index in [9.17, 15) is 0 Å². The lowest BCUT2D eigenvalue weighted by Crippen LogP contribution is -2.23. The van der Waals surface area contributed by atoms with Crippen LogP contribution in [-0.4, -0.2) is 17.9 Å². The molecule has 3 aromatic rings. The maximum Gasteiger partial charge on any atom is 0.191 e. The van der Waals surface area contributed by atoms with Crippen molar-refractivity contribution in [2.75, 3.05) is 11.9 Å². The van der Waals surface area contributed by atoms with Gasteiger partial charge in [0.2, 0.25) is 0 Å². The van der Waals surface area contributed by atoms with Gasteiger partial charge in [0.05, 0.1) is 12.8 Å². The molecule has 2 N–H and O–H groups in total. The van der Waals surface area contributed by atoms with Crippen LogP contribution in [0, 0.1) is 0 Å². The molecule has 0 aliphatic heterocycles. The van der Waals surface area contributed by atoms with Gasteiger partial charge in [-0.15, -0.1) is 0 Å². The summed E-state index contributed by atoms with van der Waals surface area (Å²) in [5, 5.41) is 8.35. The first-order valence-electron chi connectivity index (χ1n) is 9.43. The first-order valence-corrected chi connectivity index (χ1v) is 10.2. The largest absolute Gasteiger partial charge is 0.490 e. The highest BCUT2D eigenvalue weighted by Gasteiger charge is 2.07. The number of halogens is 1. The number of para-hydroxylation sites is 1. The Labute approximate surface area is 186 Å². The molecule has 0 aromatic heterocycles. The number of rotatable bonds is 8. The minimum absolute atomic E-state index is 0.408. The van der Waals surface area contributed by atoms with Gasteiger partial charge in [0.1, 0.15) is 6.61 Å². The first kappa shape index (κ1) is 21.6. The second kappa shape index (κ2) is 11.2. The Balaban J connectivity index is 1.60. The molecule has 30 heavy (non-hydrogen) atoms. The number of anilines is 1. The number of benzene rings is 3. The lowest BCUT2D eigenvalue weighted by Gasteiger charge is -2.13. The van der Waals surface area contributed by atoms with E-state index in [4.69, 9.17) is 33.3 Å². The fourth-order valence-corrected chi connectivity index (χ4v) is 2.88. The van der Waals surface area contributed by atoms with Crippen LogP contribution in [0.5, 0.6) is 11.5 Å². The summed E-state index contributed by atoms with van der Waals surface area (Å²) < 4.78 is 11.6. The zero-order chi connectivity index (χ0) is 21.2. The standard InChI is InChI=1S/C23H22ClN3O2S/c1-2-28-22-14-18(15-25-27-23(30)26-20-6-4-3-5-7-20)10-13-21(22)29-16-17-8-11-19(24)12-9-17/h3-15H,2,16H2,1H3,(H2,26,27,30)/b25-15+. The predicted octanol–water partition coefficient (Wildman–Crippen LogP) is 5.64. The molecule has 0 heterocycles. The zero-order valence-corrected chi connectivity index (χ0v) is 18.0. The number of ether oxygens (including phenoxy) is 2. The molecule has 0 fully saturated rings. The number of nitrogens with one attached hydrogen (secondary N) is 2. The third kappa shape index (κ3) is 6.76. The number of nitrogens with zero attached hydrogens (tertiary/aromatic N) is 1. The van der Waals surface area contributed by atoms with Gasteiger partial charge in [-0.3, -0.25) is 5.43 Å². The van der Waals surface area contributed by atoms with E-state index in [-0.39, 0.29) is 0 Å². The van der Waals surface area contributed by atoms with E-state index in [0.29, 0.717) is 34.8 Å². The first-order chi connectivity index (χ1) is 14.6. The van der Waals surface area contributed by atoms with Crippen molar-refractivity contribution in [3.63, 3.8) is 0 Å². The highest BCUT2D eigenvalue weighted by atomic mass is 35.5. The van der Waals surface area contributed by atoms with Crippen LogP contribution in [0.2, 0.25) is 5.02 Å². The van der Waals surface area contributed by atoms with Crippen molar-refractivity contribution in [2.45, 2.75) is 13.5 Å². The van der Waals surface area contributed by atoms with Crippen LogP contribution in [0.3, 0.4) is 0 Å². The topological polar surface area (TPSA) is 54.9 Å². The molecule has 0 bridgehead atoms. The van der Waals surface area contributed by atoms with Gasteiger partial charge in [-0.2, -0.15) is 5.10 Å². The van der Waals surface area contributed by atoms with Crippen LogP contribution >= 0.6 is 23.8 Å². The van der Waals surface area contributed by atoms with Gasteiger partial charge in [-0.1, -0.05) is 41.9 Å². The fraction of sp³-hybridized carbons (Fsp3) is 0.130. The van der Waals surface area contributed by atoms with Crippen molar-refractivity contribution >= 4 is 40.8 Å². The molecule has 0 radical (unpaired) electrons. The van der Waals surface area contributed by atoms with Gasteiger partial charge in [0.15, 0.2) is 16.6 Å². The molecule has 0 saturated heterocycles. The molecule has 3 rings (SSSR count). The van der Waals surface area contributed by atoms with E-state index in [1.54, 1.807) is 6.21 Å². The average Bonchev–Trinajstić information content (AvgIpc) is 2.75. The van der Waals surface area contributed by atoms with Crippen LogP contribution in [0.1, 0.15) is 18.1 Å². The third-order valence-electron chi connectivity index (χ3n) is 3.99. The molecule has 0 aliphatic carbocycles. The number of thiocarbonyl (C=S) groups is 1. The predicted molar refractivity (Wildman–Crippen MR) is 127 cm³/mol. The summed E-state index contributed by atoms with van der Waals surface area (Å²) in [6.45, 7) is 2.88. The molecule has 3 aromatic carbocycles. The van der Waals surface area contributed by atoms with Gasteiger partial charge >= 0.3 is 0 Å². The Kier molecular flexibility index (Phi) is 8.06. The fourth-order valence-electron chi connectivity index (χ4n) is 2.58. The molecule has 0 unspecified atom stereocenters. The molecule has 7 heteroatoms. The maximum absolute atomic E-state index is 5.92. The number of hydrogen-bond donors (Lipinski definition) is 2. The van der Waals surface area contributed by atoms with Crippen LogP contribution in [0.25, 0.3) is 0 Å². The smallest absolute Gasteiger partial charge is 0.191 e. The summed E-state index contributed by atoms with van der Waals surface area (Å²) in [5.41, 5.74) is 5.58. The summed E-state index contributed by atoms with van der Waals surface area (Å²) in [5.74, 6) is 1.32. The monoisotopic (exact) mass is 439 g/mol. The van der Waals surface area contributed by atoms with Gasteiger partial charge in [0, 0.05) is 10.7 Å². The SMILES string of the molecule is CCOc1cc(/C=N/NC(=S)Nc2ccccc2)ccc1OCc1ccc(Cl)cc1. The number of hydrogen-bond acceptors (Lipinski definition) is 4. The van der Waals surface area contributed by atoms with Crippen molar-refractivity contribution in [1.29, 1.82) is 0 Å². The second-order valence-electron chi connectivity index (χ2n) is 6.24. The molecule has 154 valence electrons. The molecule has 0 atom stereocenters. The van der Waals surface area contributed by atoms with E-state index in [0.717, 1.165) is 16.8 Å². The summed E-state index contributed by atoms with van der Waals surface area (Å²) >= 11 is 11.2. The van der Waals surface area contributed by atoms with Crippen LogP contribution in [-0.2, 0) is 6.61 Å². The van der Waals surface area contributed by atoms with Gasteiger partial charge in [-0.05, 0) is 72.7 Å².